The molecule has 104 valence electrons. The van der Waals surface area contributed by atoms with Crippen molar-refractivity contribution < 1.29 is 14.6 Å². The fourth-order valence-corrected chi connectivity index (χ4v) is 2.40. The normalized spacial score (nSPS) is 20.1. The minimum absolute atomic E-state index is 0.0118. The number of amides is 1. The number of aliphatic hydroxyl groups excluding tert-OH is 1. The lowest BCUT2D eigenvalue weighted by molar-refractivity contribution is -0.129. The number of carbonyl (C=O) groups is 1. The van der Waals surface area contributed by atoms with E-state index in [1.807, 2.05) is 18.2 Å². The molecule has 2 rings (SSSR count). The number of hydrogen-bond donors (Lipinski definition) is 1. The summed E-state index contributed by atoms with van der Waals surface area (Å²) in [6.07, 6.45) is 0.482. The van der Waals surface area contributed by atoms with Crippen molar-refractivity contribution in [1.29, 1.82) is 0 Å². The first kappa shape index (κ1) is 14.0. The fraction of sp³-hybridized carbons (Fsp3) is 0.533. The SMILES string of the molecule is CC(C)c1ccccc1N1CC(CCO)OCC1=O. The van der Waals surface area contributed by atoms with Crippen LogP contribution in [0.3, 0.4) is 0 Å². The molecule has 1 amide bonds. The van der Waals surface area contributed by atoms with E-state index in [1.54, 1.807) is 4.90 Å². The summed E-state index contributed by atoms with van der Waals surface area (Å²) < 4.78 is 5.43. The van der Waals surface area contributed by atoms with Crippen molar-refractivity contribution in [3.8, 4) is 0 Å². The maximum atomic E-state index is 12.1. The molecule has 1 atom stereocenters. The molecule has 0 aliphatic carbocycles. The van der Waals surface area contributed by atoms with Crippen molar-refractivity contribution in [2.45, 2.75) is 32.3 Å². The van der Waals surface area contributed by atoms with E-state index in [0.29, 0.717) is 18.9 Å². The van der Waals surface area contributed by atoms with Gasteiger partial charge >= 0.3 is 0 Å². The topological polar surface area (TPSA) is 49.8 Å². The van der Waals surface area contributed by atoms with Crippen LogP contribution in [0, 0.1) is 0 Å². The maximum absolute atomic E-state index is 12.1. The van der Waals surface area contributed by atoms with E-state index in [9.17, 15) is 4.79 Å². The smallest absolute Gasteiger partial charge is 0.253 e. The summed E-state index contributed by atoms with van der Waals surface area (Å²) in [5, 5.41) is 9.00. The third kappa shape index (κ3) is 3.14. The molecule has 1 aromatic carbocycles. The second kappa shape index (κ2) is 6.17. The molecular weight excluding hydrogens is 242 g/mol. The number of benzene rings is 1. The zero-order valence-corrected chi connectivity index (χ0v) is 11.5. The molecule has 0 bridgehead atoms. The van der Waals surface area contributed by atoms with Crippen LogP contribution in [-0.4, -0.2) is 36.9 Å². The molecule has 1 heterocycles. The van der Waals surface area contributed by atoms with Gasteiger partial charge in [0.25, 0.3) is 5.91 Å². The van der Waals surface area contributed by atoms with Gasteiger partial charge in [-0.15, -0.1) is 0 Å². The number of aliphatic hydroxyl groups is 1. The average molecular weight is 263 g/mol. The Morgan fingerprint density at radius 1 is 1.42 bits per heavy atom. The predicted octanol–water partition coefficient (Wildman–Crippen LogP) is 1.92. The zero-order chi connectivity index (χ0) is 13.8. The van der Waals surface area contributed by atoms with Gasteiger partial charge in [-0.3, -0.25) is 4.79 Å². The highest BCUT2D eigenvalue weighted by molar-refractivity contribution is 5.95. The number of para-hydroxylation sites is 1. The Hall–Kier alpha value is -1.39. The third-order valence-corrected chi connectivity index (χ3v) is 3.43. The molecule has 4 nitrogen and oxygen atoms in total. The molecule has 1 unspecified atom stereocenters. The van der Waals surface area contributed by atoms with E-state index >= 15 is 0 Å². The van der Waals surface area contributed by atoms with Crippen molar-refractivity contribution in [3.05, 3.63) is 29.8 Å². The number of anilines is 1. The van der Waals surface area contributed by atoms with Gasteiger partial charge in [0, 0.05) is 12.3 Å². The molecule has 1 saturated heterocycles. The highest BCUT2D eigenvalue weighted by atomic mass is 16.5. The lowest BCUT2D eigenvalue weighted by Crippen LogP contribution is -2.47. The van der Waals surface area contributed by atoms with Crippen LogP contribution < -0.4 is 4.90 Å². The Morgan fingerprint density at radius 3 is 2.84 bits per heavy atom. The maximum Gasteiger partial charge on any atom is 0.253 e. The van der Waals surface area contributed by atoms with Crippen LogP contribution in [0.5, 0.6) is 0 Å². The highest BCUT2D eigenvalue weighted by Gasteiger charge is 2.28. The van der Waals surface area contributed by atoms with E-state index < -0.39 is 0 Å². The van der Waals surface area contributed by atoms with Crippen LogP contribution >= 0.6 is 0 Å². The van der Waals surface area contributed by atoms with Crippen LogP contribution in [0.4, 0.5) is 5.69 Å². The Labute approximate surface area is 114 Å². The lowest BCUT2D eigenvalue weighted by atomic mass is 9.99. The molecule has 1 N–H and O–H groups in total. The average Bonchev–Trinajstić information content (AvgIpc) is 2.41. The molecule has 19 heavy (non-hydrogen) atoms. The minimum Gasteiger partial charge on any atom is -0.396 e. The first-order chi connectivity index (χ1) is 9.13. The van der Waals surface area contributed by atoms with E-state index in [2.05, 4.69) is 19.9 Å². The Kier molecular flexibility index (Phi) is 4.56. The largest absolute Gasteiger partial charge is 0.396 e. The van der Waals surface area contributed by atoms with Crippen molar-refractivity contribution in [1.82, 2.24) is 0 Å². The predicted molar refractivity (Wildman–Crippen MR) is 74.3 cm³/mol. The summed E-state index contributed by atoms with van der Waals surface area (Å²) in [5.74, 6) is 0.352. The number of hydrogen-bond acceptors (Lipinski definition) is 3. The van der Waals surface area contributed by atoms with Gasteiger partial charge in [-0.05, 0) is 24.0 Å². The lowest BCUT2D eigenvalue weighted by Gasteiger charge is -2.34. The molecule has 0 radical (unpaired) electrons. The molecule has 1 aliphatic rings. The number of rotatable bonds is 4. The summed E-state index contributed by atoms with van der Waals surface area (Å²) >= 11 is 0. The molecule has 4 heteroatoms. The summed E-state index contributed by atoms with van der Waals surface area (Å²) in [6.45, 7) is 4.93. The first-order valence-corrected chi connectivity index (χ1v) is 6.75. The van der Waals surface area contributed by atoms with Crippen LogP contribution in [-0.2, 0) is 9.53 Å². The van der Waals surface area contributed by atoms with Crippen LogP contribution in [0.2, 0.25) is 0 Å². The van der Waals surface area contributed by atoms with Crippen LogP contribution in [0.15, 0.2) is 24.3 Å². The number of ether oxygens (including phenoxy) is 1. The van der Waals surface area contributed by atoms with Crippen molar-refractivity contribution in [2.75, 3.05) is 24.7 Å². The van der Waals surface area contributed by atoms with Crippen LogP contribution in [0.25, 0.3) is 0 Å². The summed E-state index contributed by atoms with van der Waals surface area (Å²) in [5.41, 5.74) is 2.13. The van der Waals surface area contributed by atoms with Gasteiger partial charge in [-0.2, -0.15) is 0 Å². The summed E-state index contributed by atoms with van der Waals surface area (Å²) in [7, 11) is 0. The molecular formula is C15H21NO3. The fourth-order valence-electron chi connectivity index (χ4n) is 2.40. The van der Waals surface area contributed by atoms with Gasteiger partial charge in [0.05, 0.1) is 12.6 Å². The summed E-state index contributed by atoms with van der Waals surface area (Å²) in [4.78, 5) is 13.8. The first-order valence-electron chi connectivity index (χ1n) is 6.75. The number of morpholine rings is 1. The number of carbonyl (C=O) groups excluding carboxylic acids is 1. The summed E-state index contributed by atoms with van der Waals surface area (Å²) in [6, 6.07) is 7.98. The Balaban J connectivity index is 2.26. The van der Waals surface area contributed by atoms with Crippen molar-refractivity contribution in [3.63, 3.8) is 0 Å². The zero-order valence-electron chi connectivity index (χ0n) is 11.5. The second-order valence-corrected chi connectivity index (χ2v) is 5.16. The van der Waals surface area contributed by atoms with Crippen molar-refractivity contribution >= 4 is 11.6 Å². The van der Waals surface area contributed by atoms with Gasteiger partial charge < -0.3 is 14.7 Å². The Morgan fingerprint density at radius 2 is 2.16 bits per heavy atom. The van der Waals surface area contributed by atoms with E-state index in [4.69, 9.17) is 9.84 Å². The Bertz CT molecular complexity index is 445. The molecule has 1 fully saturated rings. The van der Waals surface area contributed by atoms with E-state index in [1.165, 1.54) is 5.56 Å². The second-order valence-electron chi connectivity index (χ2n) is 5.16. The highest BCUT2D eigenvalue weighted by Crippen LogP contribution is 2.29. The van der Waals surface area contributed by atoms with Gasteiger partial charge in [0.2, 0.25) is 0 Å². The van der Waals surface area contributed by atoms with E-state index in [-0.39, 0.29) is 25.2 Å². The molecule has 0 spiro atoms. The molecule has 0 saturated carbocycles. The van der Waals surface area contributed by atoms with Gasteiger partial charge in [0.15, 0.2) is 0 Å². The quantitative estimate of drug-likeness (QED) is 0.903. The molecule has 0 aromatic heterocycles. The van der Waals surface area contributed by atoms with Crippen molar-refractivity contribution in [2.24, 2.45) is 0 Å². The monoisotopic (exact) mass is 263 g/mol. The van der Waals surface area contributed by atoms with E-state index in [0.717, 1.165) is 5.69 Å². The van der Waals surface area contributed by atoms with Gasteiger partial charge in [0.1, 0.15) is 6.61 Å². The van der Waals surface area contributed by atoms with Gasteiger partial charge in [-0.25, -0.2) is 0 Å². The number of nitrogens with zero attached hydrogens (tertiary/aromatic N) is 1. The van der Waals surface area contributed by atoms with Crippen LogP contribution in [0.1, 0.15) is 31.7 Å². The molecule has 1 aromatic rings. The molecule has 1 aliphatic heterocycles. The standard InChI is InChI=1S/C15H21NO3/c1-11(2)13-5-3-4-6-14(13)16-9-12(7-8-17)19-10-15(16)18/h3-6,11-12,17H,7-10H2,1-2H3. The third-order valence-electron chi connectivity index (χ3n) is 3.43. The minimum atomic E-state index is -0.0806. The van der Waals surface area contributed by atoms with Gasteiger partial charge in [-0.1, -0.05) is 32.0 Å².